The molecule has 0 fully saturated rings. The molecule has 78 valence electrons. The molecule has 15 heavy (non-hydrogen) atoms. The van der Waals surface area contributed by atoms with Crippen LogP contribution < -0.4 is 0 Å². The Balaban J connectivity index is 2.01. The molecule has 0 aliphatic rings. The number of carbonyl (C=O) groups is 1. The first kappa shape index (κ1) is 10.1. The van der Waals surface area contributed by atoms with Gasteiger partial charge in [0.05, 0.1) is 16.4 Å². The highest BCUT2D eigenvalue weighted by molar-refractivity contribution is 7.09. The van der Waals surface area contributed by atoms with Crippen molar-refractivity contribution >= 4 is 17.6 Å². The van der Waals surface area contributed by atoms with Gasteiger partial charge in [-0.25, -0.2) is 4.98 Å². The average molecular weight is 220 g/mol. The molecule has 2 aromatic rings. The minimum atomic E-state index is 0.724. The van der Waals surface area contributed by atoms with E-state index in [1.54, 1.807) is 11.3 Å². The van der Waals surface area contributed by atoms with E-state index in [-0.39, 0.29) is 0 Å². The number of aryl methyl sites for hydroxylation is 3. The molecule has 0 aromatic carbocycles. The van der Waals surface area contributed by atoms with Crippen molar-refractivity contribution in [3.8, 4) is 0 Å². The second-order valence-electron chi connectivity index (χ2n) is 3.35. The molecule has 0 atom stereocenters. The normalized spacial score (nSPS) is 10.5. The Morgan fingerprint density at radius 2 is 2.47 bits per heavy atom. The number of rotatable bonds is 4. The highest BCUT2D eigenvalue weighted by Gasteiger charge is 2.01. The first-order valence-electron chi connectivity index (χ1n) is 4.81. The molecule has 0 radical (unpaired) electrons. The van der Waals surface area contributed by atoms with Gasteiger partial charge in [0.2, 0.25) is 0 Å². The van der Waals surface area contributed by atoms with Crippen LogP contribution in [0.1, 0.15) is 21.2 Å². The number of carbonyl (C=O) groups excluding carboxylic acids is 1. The van der Waals surface area contributed by atoms with Crippen LogP contribution in [0.25, 0.3) is 0 Å². The third-order valence-electron chi connectivity index (χ3n) is 2.26. The van der Waals surface area contributed by atoms with Gasteiger partial charge >= 0.3 is 0 Å². The van der Waals surface area contributed by atoms with Crippen molar-refractivity contribution in [2.24, 2.45) is 0 Å². The molecule has 2 aromatic heterocycles. The smallest absolute Gasteiger partial charge is 0.166 e. The van der Waals surface area contributed by atoms with Gasteiger partial charge in [0.25, 0.3) is 0 Å². The summed E-state index contributed by atoms with van der Waals surface area (Å²) in [5.74, 6) is 0. The highest BCUT2D eigenvalue weighted by atomic mass is 32.1. The zero-order valence-corrected chi connectivity index (χ0v) is 9.33. The number of aldehydes is 1. The minimum Gasteiger partial charge on any atom is -0.345 e. The van der Waals surface area contributed by atoms with Gasteiger partial charge in [0.15, 0.2) is 6.29 Å². The van der Waals surface area contributed by atoms with Crippen LogP contribution >= 0.6 is 11.3 Å². The summed E-state index contributed by atoms with van der Waals surface area (Å²) in [6.45, 7) is 2.81. The predicted molar refractivity (Wildman–Crippen MR) is 60.4 cm³/mol. The van der Waals surface area contributed by atoms with Crippen LogP contribution in [-0.4, -0.2) is 15.8 Å². The lowest BCUT2D eigenvalue weighted by Gasteiger charge is -2.02. The highest BCUT2D eigenvalue weighted by Crippen LogP contribution is 2.10. The summed E-state index contributed by atoms with van der Waals surface area (Å²) in [7, 11) is 0. The maximum absolute atomic E-state index is 10.7. The Morgan fingerprint density at radius 3 is 3.13 bits per heavy atom. The average Bonchev–Trinajstić information content (AvgIpc) is 2.83. The summed E-state index contributed by atoms with van der Waals surface area (Å²) in [5, 5.41) is 3.16. The van der Waals surface area contributed by atoms with Crippen LogP contribution in [0.5, 0.6) is 0 Å². The molecular weight excluding hydrogens is 208 g/mol. The summed E-state index contributed by atoms with van der Waals surface area (Å²) in [5.41, 5.74) is 1.82. The van der Waals surface area contributed by atoms with E-state index >= 15 is 0 Å². The number of hydrogen-bond acceptors (Lipinski definition) is 3. The Labute approximate surface area is 92.4 Å². The summed E-state index contributed by atoms with van der Waals surface area (Å²) >= 11 is 1.66. The fourth-order valence-corrected chi connectivity index (χ4v) is 2.14. The molecule has 0 unspecified atom stereocenters. The maximum atomic E-state index is 10.7. The van der Waals surface area contributed by atoms with Gasteiger partial charge in [-0.2, -0.15) is 0 Å². The lowest BCUT2D eigenvalue weighted by atomic mass is 10.3. The molecule has 0 aliphatic carbocycles. The molecular formula is C11H12N2OS. The molecule has 0 saturated heterocycles. The van der Waals surface area contributed by atoms with Crippen LogP contribution in [-0.2, 0) is 13.0 Å². The summed E-state index contributed by atoms with van der Waals surface area (Å²) in [4.78, 5) is 15.1. The lowest BCUT2D eigenvalue weighted by Crippen LogP contribution is -2.03. The van der Waals surface area contributed by atoms with E-state index < -0.39 is 0 Å². The molecule has 2 heterocycles. The van der Waals surface area contributed by atoms with Gasteiger partial charge in [0.1, 0.15) is 0 Å². The topological polar surface area (TPSA) is 34.9 Å². The molecule has 0 saturated carbocycles. The number of hydrogen-bond donors (Lipinski definition) is 0. The quantitative estimate of drug-likeness (QED) is 0.741. The van der Waals surface area contributed by atoms with Crippen molar-refractivity contribution in [2.45, 2.75) is 19.9 Å². The van der Waals surface area contributed by atoms with Crippen LogP contribution in [0.2, 0.25) is 0 Å². The largest absolute Gasteiger partial charge is 0.345 e. The SMILES string of the molecule is Cc1nc(CCn2cccc2C=O)cs1. The molecule has 0 amide bonds. The number of nitrogens with zero attached hydrogens (tertiary/aromatic N) is 2. The Kier molecular flexibility index (Phi) is 2.97. The second kappa shape index (κ2) is 4.40. The number of aromatic nitrogens is 2. The van der Waals surface area contributed by atoms with E-state index in [2.05, 4.69) is 10.4 Å². The van der Waals surface area contributed by atoms with E-state index in [4.69, 9.17) is 0 Å². The van der Waals surface area contributed by atoms with Crippen molar-refractivity contribution in [2.75, 3.05) is 0 Å². The van der Waals surface area contributed by atoms with Crippen LogP contribution in [0.4, 0.5) is 0 Å². The molecule has 0 aliphatic heterocycles. The Bertz CT molecular complexity index is 459. The van der Waals surface area contributed by atoms with Crippen LogP contribution in [0.3, 0.4) is 0 Å². The summed E-state index contributed by atoms with van der Waals surface area (Å²) < 4.78 is 1.95. The van der Waals surface area contributed by atoms with Gasteiger partial charge in [-0.05, 0) is 19.1 Å². The van der Waals surface area contributed by atoms with Crippen molar-refractivity contribution in [1.82, 2.24) is 9.55 Å². The lowest BCUT2D eigenvalue weighted by molar-refractivity contribution is 0.111. The van der Waals surface area contributed by atoms with Gasteiger partial charge in [-0.15, -0.1) is 11.3 Å². The predicted octanol–water partition coefficient (Wildman–Crippen LogP) is 2.31. The fraction of sp³-hybridized carbons (Fsp3) is 0.273. The zero-order chi connectivity index (χ0) is 10.7. The third-order valence-corrected chi connectivity index (χ3v) is 3.08. The first-order chi connectivity index (χ1) is 7.29. The third kappa shape index (κ3) is 2.33. The summed E-state index contributed by atoms with van der Waals surface area (Å²) in [6.07, 6.45) is 3.68. The van der Waals surface area contributed by atoms with E-state index in [0.717, 1.165) is 35.6 Å². The van der Waals surface area contributed by atoms with Gasteiger partial charge < -0.3 is 4.57 Å². The molecule has 3 nitrogen and oxygen atoms in total. The summed E-state index contributed by atoms with van der Waals surface area (Å²) in [6, 6.07) is 3.70. The van der Waals surface area contributed by atoms with Gasteiger partial charge in [-0.1, -0.05) is 0 Å². The van der Waals surface area contributed by atoms with Gasteiger partial charge in [0, 0.05) is 24.5 Å². The Morgan fingerprint density at radius 1 is 1.60 bits per heavy atom. The van der Waals surface area contributed by atoms with Crippen molar-refractivity contribution in [3.63, 3.8) is 0 Å². The molecule has 0 bridgehead atoms. The van der Waals surface area contributed by atoms with E-state index in [1.165, 1.54) is 0 Å². The monoisotopic (exact) mass is 220 g/mol. The minimum absolute atomic E-state index is 0.724. The second-order valence-corrected chi connectivity index (χ2v) is 4.41. The van der Waals surface area contributed by atoms with E-state index in [1.807, 2.05) is 29.8 Å². The van der Waals surface area contributed by atoms with Gasteiger partial charge in [-0.3, -0.25) is 4.79 Å². The van der Waals surface area contributed by atoms with Crippen LogP contribution in [0.15, 0.2) is 23.7 Å². The van der Waals surface area contributed by atoms with Crippen molar-refractivity contribution in [1.29, 1.82) is 0 Å². The van der Waals surface area contributed by atoms with E-state index in [9.17, 15) is 4.79 Å². The fourth-order valence-electron chi connectivity index (χ4n) is 1.50. The first-order valence-corrected chi connectivity index (χ1v) is 5.69. The van der Waals surface area contributed by atoms with E-state index in [0.29, 0.717) is 0 Å². The molecule has 0 N–H and O–H groups in total. The van der Waals surface area contributed by atoms with Crippen LogP contribution in [0, 0.1) is 6.92 Å². The maximum Gasteiger partial charge on any atom is 0.166 e. The molecule has 2 rings (SSSR count). The standard InChI is InChI=1S/C11H12N2OS/c1-9-12-10(8-15-9)4-6-13-5-2-3-11(13)7-14/h2-3,5,7-8H,4,6H2,1H3. The zero-order valence-electron chi connectivity index (χ0n) is 8.51. The molecule has 4 heteroatoms. The number of thiazole rings is 1. The van der Waals surface area contributed by atoms with Crippen molar-refractivity contribution in [3.05, 3.63) is 40.1 Å². The molecule has 0 spiro atoms. The van der Waals surface area contributed by atoms with Crippen molar-refractivity contribution < 1.29 is 4.79 Å². The Hall–Kier alpha value is -1.42.